The molecule has 0 bridgehead atoms. The minimum absolute atomic E-state index is 0.0305. The number of aromatic nitrogens is 1. The minimum atomic E-state index is -3.73. The quantitative estimate of drug-likeness (QED) is 0.682. The van der Waals surface area contributed by atoms with Crippen molar-refractivity contribution >= 4 is 38.3 Å². The molecule has 4 rings (SSSR count). The Labute approximate surface area is 181 Å². The molecule has 10 heteroatoms. The van der Waals surface area contributed by atoms with Gasteiger partial charge in [0.1, 0.15) is 0 Å². The highest BCUT2D eigenvalue weighted by atomic mass is 35.5. The van der Waals surface area contributed by atoms with Crippen LogP contribution in [0.2, 0.25) is 5.02 Å². The summed E-state index contributed by atoms with van der Waals surface area (Å²) < 4.78 is 28.0. The van der Waals surface area contributed by atoms with Gasteiger partial charge in [-0.05, 0) is 12.5 Å². The molecule has 0 radical (unpaired) electrons. The first-order valence-electron chi connectivity index (χ1n) is 10.2. The maximum Gasteiger partial charge on any atom is 0.243 e. The van der Waals surface area contributed by atoms with Crippen LogP contribution in [0.5, 0.6) is 0 Å². The molecule has 8 nitrogen and oxygen atoms in total. The third-order valence-corrected chi connectivity index (χ3v) is 7.89. The summed E-state index contributed by atoms with van der Waals surface area (Å²) in [5.74, 6) is -0.0305. The Bertz CT molecular complexity index is 1020. The van der Waals surface area contributed by atoms with Crippen molar-refractivity contribution < 1.29 is 13.2 Å². The second kappa shape index (κ2) is 9.15. The average molecular weight is 452 g/mol. The predicted molar refractivity (Wildman–Crippen MR) is 116 cm³/mol. The minimum Gasteiger partial charge on any atom is -0.352 e. The number of nitrogens with one attached hydrogen (secondary N) is 2. The molecule has 0 spiro atoms. The van der Waals surface area contributed by atoms with E-state index in [9.17, 15) is 13.2 Å². The number of fused-ring (bicyclic) bond motifs is 1. The number of benzene rings is 1. The summed E-state index contributed by atoms with van der Waals surface area (Å²) in [6, 6.07) is 4.88. The lowest BCUT2D eigenvalue weighted by atomic mass is 10.2. The Hall–Kier alpha value is -1.78. The number of carbonyl (C=O) groups is 1. The number of hydrogen-bond donors (Lipinski definition) is 2. The van der Waals surface area contributed by atoms with Gasteiger partial charge in [-0.15, -0.1) is 0 Å². The van der Waals surface area contributed by atoms with Crippen LogP contribution in [-0.2, 0) is 14.8 Å². The van der Waals surface area contributed by atoms with E-state index in [2.05, 4.69) is 20.5 Å². The highest BCUT2D eigenvalue weighted by Gasteiger charge is 2.34. The van der Waals surface area contributed by atoms with Crippen molar-refractivity contribution in [1.29, 1.82) is 0 Å². The normalized spacial score (nSPS) is 21.2. The van der Waals surface area contributed by atoms with Gasteiger partial charge in [-0.1, -0.05) is 23.7 Å². The topological polar surface area (TPSA) is 94.6 Å². The molecule has 2 fully saturated rings. The lowest BCUT2D eigenvalue weighted by molar-refractivity contribution is -0.122. The molecule has 1 aromatic carbocycles. The van der Waals surface area contributed by atoms with Gasteiger partial charge in [0.05, 0.1) is 9.92 Å². The second-order valence-electron chi connectivity index (χ2n) is 7.73. The van der Waals surface area contributed by atoms with Gasteiger partial charge in [0.15, 0.2) is 0 Å². The van der Waals surface area contributed by atoms with Gasteiger partial charge in [0, 0.05) is 81.4 Å². The highest BCUT2D eigenvalue weighted by molar-refractivity contribution is 7.89. The van der Waals surface area contributed by atoms with E-state index in [0.29, 0.717) is 35.2 Å². The monoisotopic (exact) mass is 451 g/mol. The van der Waals surface area contributed by atoms with Gasteiger partial charge in [-0.2, -0.15) is 4.31 Å². The first kappa shape index (κ1) is 21.5. The lowest BCUT2D eigenvalue weighted by Gasteiger charge is -2.27. The number of rotatable bonds is 6. The molecule has 2 aliphatic rings. The molecular formula is C20H26ClN5O3S. The summed E-state index contributed by atoms with van der Waals surface area (Å²) in [6.45, 7) is 5.16. The first-order chi connectivity index (χ1) is 14.4. The van der Waals surface area contributed by atoms with Crippen LogP contribution in [0.1, 0.15) is 12.8 Å². The number of hydrogen-bond acceptors (Lipinski definition) is 6. The summed E-state index contributed by atoms with van der Waals surface area (Å²) >= 11 is 6.26. The molecule has 1 amide bonds. The number of piperazine rings is 1. The molecule has 2 saturated heterocycles. The van der Waals surface area contributed by atoms with Crippen LogP contribution >= 0.6 is 11.6 Å². The van der Waals surface area contributed by atoms with Crippen molar-refractivity contribution in [2.24, 2.45) is 0 Å². The van der Waals surface area contributed by atoms with Crippen molar-refractivity contribution in [2.75, 3.05) is 45.8 Å². The van der Waals surface area contributed by atoms with Crippen LogP contribution < -0.4 is 10.6 Å². The van der Waals surface area contributed by atoms with Crippen molar-refractivity contribution in [3.05, 3.63) is 35.6 Å². The van der Waals surface area contributed by atoms with Gasteiger partial charge in [-0.3, -0.25) is 9.78 Å². The molecule has 2 N–H and O–H groups in total. The van der Waals surface area contributed by atoms with Crippen molar-refractivity contribution in [1.82, 2.24) is 24.8 Å². The fraction of sp³-hybridized carbons (Fsp3) is 0.500. The smallest absolute Gasteiger partial charge is 0.243 e. The lowest BCUT2D eigenvalue weighted by Crippen LogP contribution is -2.45. The average Bonchev–Trinajstić information content (AvgIpc) is 3.22. The molecule has 1 aromatic heterocycles. The zero-order valence-corrected chi connectivity index (χ0v) is 18.3. The number of pyridine rings is 1. The Balaban J connectivity index is 1.40. The number of halogens is 1. The van der Waals surface area contributed by atoms with Crippen LogP contribution in [0.3, 0.4) is 0 Å². The van der Waals surface area contributed by atoms with Gasteiger partial charge < -0.3 is 15.5 Å². The molecule has 162 valence electrons. The molecule has 30 heavy (non-hydrogen) atoms. The maximum absolute atomic E-state index is 13.3. The van der Waals surface area contributed by atoms with E-state index in [4.69, 9.17) is 11.6 Å². The van der Waals surface area contributed by atoms with Crippen LogP contribution in [0.4, 0.5) is 0 Å². The molecule has 2 aliphatic heterocycles. The maximum atomic E-state index is 13.3. The van der Waals surface area contributed by atoms with Crippen LogP contribution in [-0.4, -0.2) is 80.4 Å². The van der Waals surface area contributed by atoms with Crippen molar-refractivity contribution in [3.63, 3.8) is 0 Å². The Kier molecular flexibility index (Phi) is 6.54. The standard InChI is InChI=1S/C20H26ClN5O3S/c21-17-13-23-12-15-2-1-3-18(20(15)17)30(28,29)26-9-4-16(14-26)24-19(27)5-8-25-10-6-22-7-11-25/h1-3,12-13,16,22H,4-11,14H2,(H,24,27)/t16-/m1/s1. The van der Waals surface area contributed by atoms with Crippen LogP contribution in [0, 0.1) is 0 Å². The molecule has 0 unspecified atom stereocenters. The van der Waals surface area contributed by atoms with Gasteiger partial charge in [-0.25, -0.2) is 8.42 Å². The van der Waals surface area contributed by atoms with E-state index in [1.54, 1.807) is 24.4 Å². The van der Waals surface area contributed by atoms with Crippen LogP contribution in [0.15, 0.2) is 35.5 Å². The third kappa shape index (κ3) is 4.60. The molecule has 0 saturated carbocycles. The summed E-state index contributed by atoms with van der Waals surface area (Å²) in [6.07, 6.45) is 4.08. The Morgan fingerprint density at radius 3 is 2.83 bits per heavy atom. The number of carbonyl (C=O) groups excluding carboxylic acids is 1. The van der Waals surface area contributed by atoms with E-state index in [1.807, 2.05) is 0 Å². The summed E-state index contributed by atoms with van der Waals surface area (Å²) in [7, 11) is -3.73. The fourth-order valence-corrected chi connectivity index (χ4v) is 6.13. The number of nitrogens with zero attached hydrogens (tertiary/aromatic N) is 3. The van der Waals surface area contributed by atoms with E-state index in [-0.39, 0.29) is 23.4 Å². The fourth-order valence-electron chi connectivity index (χ4n) is 4.07. The summed E-state index contributed by atoms with van der Waals surface area (Å²) in [5.41, 5.74) is 0. The zero-order chi connectivity index (χ0) is 21.1. The molecule has 2 aromatic rings. The molecular weight excluding hydrogens is 426 g/mol. The molecule has 1 atom stereocenters. The van der Waals surface area contributed by atoms with E-state index >= 15 is 0 Å². The van der Waals surface area contributed by atoms with Gasteiger partial charge in [0.25, 0.3) is 0 Å². The van der Waals surface area contributed by atoms with Crippen molar-refractivity contribution in [2.45, 2.75) is 23.8 Å². The largest absolute Gasteiger partial charge is 0.352 e. The second-order valence-corrected chi connectivity index (χ2v) is 10.0. The van der Waals surface area contributed by atoms with Gasteiger partial charge in [0.2, 0.25) is 15.9 Å². The Morgan fingerprint density at radius 2 is 2.03 bits per heavy atom. The van der Waals surface area contributed by atoms with E-state index in [0.717, 1.165) is 32.7 Å². The number of sulfonamides is 1. The zero-order valence-electron chi connectivity index (χ0n) is 16.7. The predicted octanol–water partition coefficient (Wildman–Crippen LogP) is 1.06. The van der Waals surface area contributed by atoms with Crippen LogP contribution in [0.25, 0.3) is 10.8 Å². The number of amides is 1. The third-order valence-electron chi connectivity index (χ3n) is 5.70. The molecule has 0 aliphatic carbocycles. The van der Waals surface area contributed by atoms with Gasteiger partial charge >= 0.3 is 0 Å². The van der Waals surface area contributed by atoms with E-state index < -0.39 is 10.0 Å². The summed E-state index contributed by atoms with van der Waals surface area (Å²) in [5, 5.41) is 7.76. The highest BCUT2D eigenvalue weighted by Crippen LogP contribution is 2.32. The molecule has 3 heterocycles. The summed E-state index contributed by atoms with van der Waals surface area (Å²) in [4.78, 5) is 18.8. The first-order valence-corrected chi connectivity index (χ1v) is 12.0. The van der Waals surface area contributed by atoms with Crippen molar-refractivity contribution in [3.8, 4) is 0 Å². The van der Waals surface area contributed by atoms with E-state index in [1.165, 1.54) is 10.5 Å². The SMILES string of the molecule is O=C(CCN1CCNCC1)N[C@@H]1CCN(S(=O)(=O)c2cccc3cncc(Cl)c23)C1. The Morgan fingerprint density at radius 1 is 1.23 bits per heavy atom.